The summed E-state index contributed by atoms with van der Waals surface area (Å²) < 4.78 is 0. The minimum absolute atomic E-state index is 0.730. The van der Waals surface area contributed by atoms with E-state index < -0.39 is 0 Å². The molecule has 0 aliphatic heterocycles. The molecule has 0 heterocycles. The third kappa shape index (κ3) is 0.500. The van der Waals surface area contributed by atoms with Gasteiger partial charge in [-0.3, -0.25) is 0 Å². The summed E-state index contributed by atoms with van der Waals surface area (Å²) in [6, 6.07) is 0. The van der Waals surface area contributed by atoms with Crippen molar-refractivity contribution in [1.29, 1.82) is 0 Å². The second-order valence-corrected chi connectivity index (χ2v) is 4.53. The molecule has 0 N–H and O–H groups in total. The van der Waals surface area contributed by atoms with E-state index in [1.165, 1.54) is 19.3 Å². The fourth-order valence-electron chi connectivity index (χ4n) is 2.71. The molecule has 2 unspecified atom stereocenters. The summed E-state index contributed by atoms with van der Waals surface area (Å²) in [5.41, 5.74) is 1.59. The highest BCUT2D eigenvalue weighted by atomic mass is 14.8. The molecule has 2 aliphatic rings. The molecule has 9 heavy (non-hydrogen) atoms. The SMILES string of the molecule is CCC1CC12CC2(C)C. The van der Waals surface area contributed by atoms with Gasteiger partial charge in [-0.2, -0.15) is 0 Å². The summed E-state index contributed by atoms with van der Waals surface area (Å²) in [6.45, 7) is 7.17. The van der Waals surface area contributed by atoms with Gasteiger partial charge in [0.15, 0.2) is 0 Å². The van der Waals surface area contributed by atoms with Crippen LogP contribution in [0.4, 0.5) is 0 Å². The van der Waals surface area contributed by atoms with Crippen molar-refractivity contribution in [3.05, 3.63) is 0 Å². The van der Waals surface area contributed by atoms with Crippen LogP contribution in [0, 0.1) is 16.7 Å². The van der Waals surface area contributed by atoms with Gasteiger partial charge in [-0.05, 0) is 29.6 Å². The molecule has 52 valence electrons. The lowest BCUT2D eigenvalue weighted by molar-refractivity contribution is 0.510. The summed E-state index contributed by atoms with van der Waals surface area (Å²) in [7, 11) is 0. The molecular formula is C9H16. The lowest BCUT2D eigenvalue weighted by Crippen LogP contribution is -1.90. The van der Waals surface area contributed by atoms with E-state index in [2.05, 4.69) is 20.8 Å². The maximum atomic E-state index is 2.42. The molecule has 0 heteroatoms. The van der Waals surface area contributed by atoms with E-state index in [4.69, 9.17) is 0 Å². The molecule has 0 aromatic carbocycles. The molecule has 2 saturated carbocycles. The fourth-order valence-corrected chi connectivity index (χ4v) is 2.71. The van der Waals surface area contributed by atoms with Crippen LogP contribution in [0.15, 0.2) is 0 Å². The van der Waals surface area contributed by atoms with Crippen LogP contribution in [-0.2, 0) is 0 Å². The van der Waals surface area contributed by atoms with Crippen LogP contribution in [0.1, 0.15) is 40.0 Å². The average molecular weight is 124 g/mol. The first-order chi connectivity index (χ1) is 4.12. The molecule has 2 atom stereocenters. The third-order valence-electron chi connectivity index (χ3n) is 3.71. The van der Waals surface area contributed by atoms with Gasteiger partial charge < -0.3 is 0 Å². The summed E-state index contributed by atoms with van der Waals surface area (Å²) in [5, 5.41) is 0. The van der Waals surface area contributed by atoms with Crippen molar-refractivity contribution in [2.45, 2.75) is 40.0 Å². The van der Waals surface area contributed by atoms with Gasteiger partial charge in [0, 0.05) is 0 Å². The lowest BCUT2D eigenvalue weighted by atomic mass is 10.1. The van der Waals surface area contributed by atoms with Crippen molar-refractivity contribution in [2.75, 3.05) is 0 Å². The Kier molecular flexibility index (Phi) is 0.774. The molecule has 0 nitrogen and oxygen atoms in total. The van der Waals surface area contributed by atoms with Crippen LogP contribution < -0.4 is 0 Å². The monoisotopic (exact) mass is 124 g/mol. The van der Waals surface area contributed by atoms with Crippen molar-refractivity contribution in [3.63, 3.8) is 0 Å². The van der Waals surface area contributed by atoms with E-state index >= 15 is 0 Å². The van der Waals surface area contributed by atoms with E-state index in [9.17, 15) is 0 Å². The van der Waals surface area contributed by atoms with Gasteiger partial charge in [0.25, 0.3) is 0 Å². The lowest BCUT2D eigenvalue weighted by Gasteiger charge is -1.98. The molecule has 0 radical (unpaired) electrons. The van der Waals surface area contributed by atoms with Crippen molar-refractivity contribution in [3.8, 4) is 0 Å². The minimum atomic E-state index is 0.730. The predicted octanol–water partition coefficient (Wildman–Crippen LogP) is 2.83. The first-order valence-electron chi connectivity index (χ1n) is 4.12. The fraction of sp³-hybridized carbons (Fsp3) is 1.00. The van der Waals surface area contributed by atoms with Crippen LogP contribution in [-0.4, -0.2) is 0 Å². The molecule has 0 bridgehead atoms. The molecule has 2 rings (SSSR count). The molecular weight excluding hydrogens is 108 g/mol. The molecule has 2 aliphatic carbocycles. The molecule has 0 aromatic heterocycles. The Morgan fingerprint density at radius 2 is 2.00 bits per heavy atom. The topological polar surface area (TPSA) is 0 Å². The standard InChI is InChI=1S/C9H16/c1-4-7-5-9(7)6-8(9,2)3/h7H,4-6H2,1-3H3. The predicted molar refractivity (Wildman–Crippen MR) is 39.2 cm³/mol. The van der Waals surface area contributed by atoms with Crippen molar-refractivity contribution >= 4 is 0 Å². The van der Waals surface area contributed by atoms with E-state index in [1.807, 2.05) is 0 Å². The Hall–Kier alpha value is 0. The molecule has 2 fully saturated rings. The number of hydrogen-bond acceptors (Lipinski definition) is 0. The normalized spacial score (nSPS) is 51.7. The minimum Gasteiger partial charge on any atom is -0.0651 e. The van der Waals surface area contributed by atoms with Crippen LogP contribution >= 0.6 is 0 Å². The van der Waals surface area contributed by atoms with Gasteiger partial charge >= 0.3 is 0 Å². The maximum absolute atomic E-state index is 2.42. The van der Waals surface area contributed by atoms with Gasteiger partial charge in [-0.25, -0.2) is 0 Å². The Labute approximate surface area is 57.6 Å². The van der Waals surface area contributed by atoms with E-state index in [1.54, 1.807) is 0 Å². The zero-order chi connectivity index (χ0) is 6.70. The van der Waals surface area contributed by atoms with Crippen molar-refractivity contribution < 1.29 is 0 Å². The van der Waals surface area contributed by atoms with Crippen LogP contribution in [0.3, 0.4) is 0 Å². The van der Waals surface area contributed by atoms with Crippen molar-refractivity contribution in [2.24, 2.45) is 16.7 Å². The zero-order valence-corrected chi connectivity index (χ0v) is 6.70. The zero-order valence-electron chi connectivity index (χ0n) is 6.70. The summed E-state index contributed by atoms with van der Waals surface area (Å²) >= 11 is 0. The largest absolute Gasteiger partial charge is 0.0651 e. The Morgan fingerprint density at radius 1 is 1.44 bits per heavy atom. The third-order valence-corrected chi connectivity index (χ3v) is 3.71. The molecule has 0 aromatic rings. The molecule has 1 spiro atoms. The summed E-state index contributed by atoms with van der Waals surface area (Å²) in [5.74, 6) is 1.10. The van der Waals surface area contributed by atoms with E-state index in [-0.39, 0.29) is 0 Å². The highest BCUT2D eigenvalue weighted by Crippen LogP contribution is 2.82. The maximum Gasteiger partial charge on any atom is -0.0210 e. The van der Waals surface area contributed by atoms with Gasteiger partial charge in [0.1, 0.15) is 0 Å². The van der Waals surface area contributed by atoms with Crippen LogP contribution in [0.5, 0.6) is 0 Å². The number of hydrogen-bond donors (Lipinski definition) is 0. The summed E-state index contributed by atoms with van der Waals surface area (Å²) in [6.07, 6.45) is 4.47. The first kappa shape index (κ1) is 5.76. The van der Waals surface area contributed by atoms with Crippen LogP contribution in [0.2, 0.25) is 0 Å². The Balaban J connectivity index is 2.05. The van der Waals surface area contributed by atoms with E-state index in [0.29, 0.717) is 0 Å². The molecule has 0 saturated heterocycles. The second-order valence-electron chi connectivity index (χ2n) is 4.53. The Morgan fingerprint density at radius 3 is 2.11 bits per heavy atom. The van der Waals surface area contributed by atoms with Gasteiger partial charge in [0.05, 0.1) is 0 Å². The highest BCUT2D eigenvalue weighted by molar-refractivity contribution is 5.22. The average Bonchev–Trinajstić information content (AvgIpc) is 2.53. The van der Waals surface area contributed by atoms with Crippen LogP contribution in [0.25, 0.3) is 0 Å². The van der Waals surface area contributed by atoms with Gasteiger partial charge in [0.2, 0.25) is 0 Å². The quantitative estimate of drug-likeness (QED) is 0.504. The first-order valence-corrected chi connectivity index (χ1v) is 4.12. The van der Waals surface area contributed by atoms with E-state index in [0.717, 1.165) is 16.7 Å². The van der Waals surface area contributed by atoms with Gasteiger partial charge in [-0.1, -0.05) is 27.2 Å². The molecule has 0 amide bonds. The Bertz CT molecular complexity index is 146. The number of rotatable bonds is 1. The smallest absolute Gasteiger partial charge is 0.0210 e. The van der Waals surface area contributed by atoms with Gasteiger partial charge in [-0.15, -0.1) is 0 Å². The highest BCUT2D eigenvalue weighted by Gasteiger charge is 2.73. The second kappa shape index (κ2) is 1.21. The summed E-state index contributed by atoms with van der Waals surface area (Å²) in [4.78, 5) is 0. The van der Waals surface area contributed by atoms with Crippen molar-refractivity contribution in [1.82, 2.24) is 0 Å².